The molecule has 1 aromatic carbocycles. The lowest BCUT2D eigenvalue weighted by atomic mass is 10.2. The van der Waals surface area contributed by atoms with Gasteiger partial charge in [-0.15, -0.1) is 0 Å². The molecule has 0 aliphatic heterocycles. The van der Waals surface area contributed by atoms with Crippen molar-refractivity contribution in [1.29, 1.82) is 0 Å². The third-order valence-electron chi connectivity index (χ3n) is 1.89. The summed E-state index contributed by atoms with van der Waals surface area (Å²) in [6.45, 7) is 3.23. The molecule has 0 aliphatic rings. The van der Waals surface area contributed by atoms with Crippen molar-refractivity contribution in [2.24, 2.45) is 5.16 Å². The second kappa shape index (κ2) is 3.41. The minimum atomic E-state index is 0.128. The first-order chi connectivity index (χ1) is 7.22. The average molecular weight is 203 g/mol. The number of nitrogen functional groups attached to an aromatic ring is 2. The number of hydrogen-bond acceptors (Lipinski definition) is 6. The van der Waals surface area contributed by atoms with Gasteiger partial charge in [0, 0.05) is 6.72 Å². The monoisotopic (exact) mass is 203 g/mol. The second-order valence-corrected chi connectivity index (χ2v) is 2.84. The van der Waals surface area contributed by atoms with Crippen molar-refractivity contribution in [1.82, 2.24) is 9.97 Å². The van der Waals surface area contributed by atoms with Crippen LogP contribution in [0.15, 0.2) is 23.4 Å². The van der Waals surface area contributed by atoms with E-state index in [4.69, 9.17) is 16.3 Å². The number of aromatic nitrogens is 2. The number of fused-ring (bicyclic) bond motifs is 1. The Bertz CT molecular complexity index is 525. The molecule has 0 radical (unpaired) electrons. The summed E-state index contributed by atoms with van der Waals surface area (Å²) in [5.74, 6) is 0.848. The van der Waals surface area contributed by atoms with Crippen molar-refractivity contribution in [3.05, 3.63) is 18.2 Å². The number of rotatable bonds is 2. The van der Waals surface area contributed by atoms with Crippen LogP contribution in [0.4, 0.5) is 11.8 Å². The molecule has 2 rings (SSSR count). The maximum atomic E-state index is 5.71. The number of benzene rings is 1. The van der Waals surface area contributed by atoms with E-state index < -0.39 is 0 Å². The second-order valence-electron chi connectivity index (χ2n) is 2.84. The molecule has 6 nitrogen and oxygen atoms in total. The van der Waals surface area contributed by atoms with E-state index in [-0.39, 0.29) is 11.8 Å². The van der Waals surface area contributed by atoms with Crippen LogP contribution in [0.3, 0.4) is 0 Å². The average Bonchev–Trinajstić information content (AvgIpc) is 2.17. The van der Waals surface area contributed by atoms with Gasteiger partial charge in [-0.05, 0) is 12.1 Å². The smallest absolute Gasteiger partial charge is 0.222 e. The third-order valence-corrected chi connectivity index (χ3v) is 1.89. The van der Waals surface area contributed by atoms with Crippen molar-refractivity contribution in [3.63, 3.8) is 0 Å². The first kappa shape index (κ1) is 9.20. The third kappa shape index (κ3) is 1.52. The molecule has 15 heavy (non-hydrogen) atoms. The highest BCUT2D eigenvalue weighted by Crippen LogP contribution is 2.28. The summed E-state index contributed by atoms with van der Waals surface area (Å²) < 4.78 is 0. The van der Waals surface area contributed by atoms with Crippen LogP contribution in [0.25, 0.3) is 10.9 Å². The number of anilines is 2. The van der Waals surface area contributed by atoms with Crippen LogP contribution >= 0.6 is 0 Å². The lowest BCUT2D eigenvalue weighted by Crippen LogP contribution is -2.01. The molecule has 1 heterocycles. The molecular weight excluding hydrogens is 194 g/mol. The topological polar surface area (TPSA) is 99.4 Å². The minimum absolute atomic E-state index is 0.128. The molecular formula is C9H9N5O. The predicted molar refractivity (Wildman–Crippen MR) is 58.5 cm³/mol. The summed E-state index contributed by atoms with van der Waals surface area (Å²) in [6.07, 6.45) is 0. The summed E-state index contributed by atoms with van der Waals surface area (Å²) in [6, 6.07) is 5.22. The first-order valence-electron chi connectivity index (χ1n) is 4.17. The van der Waals surface area contributed by atoms with Crippen LogP contribution in [0.1, 0.15) is 0 Å². The Morgan fingerprint density at radius 1 is 1.27 bits per heavy atom. The molecule has 0 amide bonds. The summed E-state index contributed by atoms with van der Waals surface area (Å²) in [4.78, 5) is 12.8. The molecule has 6 heteroatoms. The number of oxime groups is 1. The molecule has 0 saturated carbocycles. The van der Waals surface area contributed by atoms with Gasteiger partial charge < -0.3 is 16.3 Å². The molecule has 0 bridgehead atoms. The molecule has 0 unspecified atom stereocenters. The molecule has 2 aromatic rings. The molecule has 0 fully saturated rings. The summed E-state index contributed by atoms with van der Waals surface area (Å²) in [5, 5.41) is 3.91. The van der Waals surface area contributed by atoms with E-state index in [0.717, 1.165) is 0 Å². The van der Waals surface area contributed by atoms with E-state index in [1.165, 1.54) is 0 Å². The maximum Gasteiger partial charge on any atom is 0.222 e. The fourth-order valence-electron chi connectivity index (χ4n) is 1.34. The zero-order chi connectivity index (χ0) is 10.8. The summed E-state index contributed by atoms with van der Waals surface area (Å²) in [5.41, 5.74) is 11.8. The van der Waals surface area contributed by atoms with Gasteiger partial charge in [0.25, 0.3) is 0 Å². The Morgan fingerprint density at radius 3 is 2.80 bits per heavy atom. The van der Waals surface area contributed by atoms with E-state index in [0.29, 0.717) is 16.7 Å². The fourth-order valence-corrected chi connectivity index (χ4v) is 1.34. The fraction of sp³-hybridized carbons (Fsp3) is 0. The molecule has 0 aliphatic carbocycles. The maximum absolute atomic E-state index is 5.71. The quantitative estimate of drug-likeness (QED) is 0.555. The van der Waals surface area contributed by atoms with E-state index >= 15 is 0 Å². The lowest BCUT2D eigenvalue weighted by molar-refractivity contribution is 0.350. The number of nitrogens with two attached hydrogens (primary N) is 2. The van der Waals surface area contributed by atoms with E-state index in [1.807, 2.05) is 0 Å². The molecule has 0 atom stereocenters. The van der Waals surface area contributed by atoms with Gasteiger partial charge in [-0.3, -0.25) is 0 Å². The van der Waals surface area contributed by atoms with Crippen LogP contribution < -0.4 is 16.3 Å². The highest BCUT2D eigenvalue weighted by Gasteiger charge is 2.09. The van der Waals surface area contributed by atoms with Crippen molar-refractivity contribution >= 4 is 29.4 Å². The van der Waals surface area contributed by atoms with E-state index in [1.54, 1.807) is 18.2 Å². The van der Waals surface area contributed by atoms with Gasteiger partial charge >= 0.3 is 0 Å². The lowest BCUT2D eigenvalue weighted by Gasteiger charge is -2.05. The number of nitrogens with zero attached hydrogens (tertiary/aromatic N) is 3. The zero-order valence-corrected chi connectivity index (χ0v) is 7.84. The van der Waals surface area contributed by atoms with Gasteiger partial charge in [0.05, 0.1) is 10.9 Å². The van der Waals surface area contributed by atoms with Gasteiger partial charge in [-0.25, -0.2) is 4.98 Å². The van der Waals surface area contributed by atoms with Gasteiger partial charge in [0.1, 0.15) is 5.82 Å². The Labute approximate surface area is 85.6 Å². The summed E-state index contributed by atoms with van der Waals surface area (Å²) in [7, 11) is 0. The molecule has 0 spiro atoms. The van der Waals surface area contributed by atoms with Crippen molar-refractivity contribution in [2.75, 3.05) is 11.5 Å². The Hall–Kier alpha value is -2.37. The minimum Gasteiger partial charge on any atom is -0.383 e. The first-order valence-corrected chi connectivity index (χ1v) is 4.17. The van der Waals surface area contributed by atoms with Gasteiger partial charge in [0.2, 0.25) is 5.95 Å². The van der Waals surface area contributed by atoms with E-state index in [9.17, 15) is 0 Å². The van der Waals surface area contributed by atoms with Crippen molar-refractivity contribution in [2.45, 2.75) is 0 Å². The Balaban J connectivity index is 2.78. The molecule has 4 N–H and O–H groups in total. The van der Waals surface area contributed by atoms with Crippen LogP contribution in [0.5, 0.6) is 5.75 Å². The van der Waals surface area contributed by atoms with Crippen LogP contribution in [-0.2, 0) is 0 Å². The standard InChI is InChI=1S/C9H9N5O/c1-12-15-6-4-2-3-5-7(6)8(10)14-9(11)13-5/h2-4H,1H2,(H4,10,11,13,14). The van der Waals surface area contributed by atoms with E-state index in [2.05, 4.69) is 21.8 Å². The van der Waals surface area contributed by atoms with Gasteiger partial charge in [-0.1, -0.05) is 11.2 Å². The predicted octanol–water partition coefficient (Wildman–Crippen LogP) is 0.789. The van der Waals surface area contributed by atoms with Crippen LogP contribution in [0, 0.1) is 0 Å². The molecule has 1 aromatic heterocycles. The van der Waals surface area contributed by atoms with Crippen LogP contribution in [-0.4, -0.2) is 16.7 Å². The van der Waals surface area contributed by atoms with Crippen LogP contribution in [0.2, 0.25) is 0 Å². The Morgan fingerprint density at radius 2 is 2.07 bits per heavy atom. The largest absolute Gasteiger partial charge is 0.383 e. The summed E-state index contributed by atoms with van der Waals surface area (Å²) >= 11 is 0. The van der Waals surface area contributed by atoms with Gasteiger partial charge in [-0.2, -0.15) is 4.98 Å². The molecule has 76 valence electrons. The SMILES string of the molecule is C=NOc1cccc2nc(N)nc(N)c12. The van der Waals surface area contributed by atoms with Crippen molar-refractivity contribution < 1.29 is 4.84 Å². The number of hydrogen-bond donors (Lipinski definition) is 2. The zero-order valence-electron chi connectivity index (χ0n) is 7.84. The highest BCUT2D eigenvalue weighted by molar-refractivity contribution is 5.94. The Kier molecular flexibility index (Phi) is 2.09. The van der Waals surface area contributed by atoms with Gasteiger partial charge in [0.15, 0.2) is 5.75 Å². The highest BCUT2D eigenvalue weighted by atomic mass is 16.6. The molecule has 0 saturated heterocycles. The normalized spacial score (nSPS) is 10.1. The van der Waals surface area contributed by atoms with Crippen molar-refractivity contribution in [3.8, 4) is 5.75 Å².